The van der Waals surface area contributed by atoms with E-state index in [2.05, 4.69) is 20.2 Å². The average molecular weight is 545 g/mol. The van der Waals surface area contributed by atoms with Crippen molar-refractivity contribution in [1.82, 2.24) is 19.9 Å². The van der Waals surface area contributed by atoms with Gasteiger partial charge in [0.1, 0.15) is 23.1 Å². The first-order valence-corrected chi connectivity index (χ1v) is 12.8. The number of hydrogen-bond donors (Lipinski definition) is 2. The number of ether oxygens (including phenoxy) is 1. The number of halogens is 2. The molecule has 204 valence electrons. The predicted octanol–water partition coefficient (Wildman–Crippen LogP) is 3.11. The van der Waals surface area contributed by atoms with Crippen LogP contribution in [0.4, 0.5) is 14.5 Å². The lowest BCUT2D eigenvalue weighted by molar-refractivity contribution is 0.0996. The zero-order chi connectivity index (χ0) is 28.1. The van der Waals surface area contributed by atoms with Gasteiger partial charge in [-0.25, -0.2) is 18.7 Å². The van der Waals surface area contributed by atoms with Gasteiger partial charge in [-0.05, 0) is 36.8 Å². The van der Waals surface area contributed by atoms with Crippen molar-refractivity contribution < 1.29 is 18.3 Å². The van der Waals surface area contributed by atoms with E-state index in [0.29, 0.717) is 28.9 Å². The molecular formula is C29H26F2N6O3. The van der Waals surface area contributed by atoms with Crippen LogP contribution in [0, 0.1) is 11.6 Å². The first kappa shape index (κ1) is 25.6. The molecule has 6 rings (SSSR count). The van der Waals surface area contributed by atoms with E-state index in [1.54, 1.807) is 31.4 Å². The molecule has 4 heterocycles. The van der Waals surface area contributed by atoms with Crippen LogP contribution < -0.4 is 26.2 Å². The molecule has 0 saturated carbocycles. The van der Waals surface area contributed by atoms with Crippen molar-refractivity contribution in [3.05, 3.63) is 82.5 Å². The maximum Gasteiger partial charge on any atom is 0.268 e. The number of piperazine rings is 1. The lowest BCUT2D eigenvalue weighted by Crippen LogP contribution is -2.43. The molecule has 2 aliphatic heterocycles. The Hall–Kier alpha value is -4.64. The van der Waals surface area contributed by atoms with Crippen molar-refractivity contribution in [2.75, 3.05) is 25.1 Å². The fourth-order valence-electron chi connectivity index (χ4n) is 5.62. The summed E-state index contributed by atoms with van der Waals surface area (Å²) in [7, 11) is 2.99. The van der Waals surface area contributed by atoms with E-state index >= 15 is 4.39 Å². The summed E-state index contributed by atoms with van der Waals surface area (Å²) in [6, 6.07) is 10.8. The molecule has 0 spiro atoms. The molecule has 2 aromatic carbocycles. The second-order valence-corrected chi connectivity index (χ2v) is 10.0. The number of fused-ring (bicyclic) bond motifs is 2. The number of aromatic nitrogens is 3. The van der Waals surface area contributed by atoms with Gasteiger partial charge >= 0.3 is 0 Å². The number of carbonyl (C=O) groups excluding carboxylic acids is 1. The Morgan fingerprint density at radius 2 is 1.95 bits per heavy atom. The zero-order valence-corrected chi connectivity index (χ0v) is 21.8. The Bertz CT molecular complexity index is 1720. The van der Waals surface area contributed by atoms with E-state index in [1.807, 2.05) is 0 Å². The maximum absolute atomic E-state index is 15.8. The highest BCUT2D eigenvalue weighted by molar-refractivity contribution is 6.00. The van der Waals surface area contributed by atoms with E-state index in [0.717, 1.165) is 13.0 Å². The lowest BCUT2D eigenvalue weighted by Gasteiger charge is -2.32. The molecule has 2 bridgehead atoms. The minimum absolute atomic E-state index is 0.0154. The van der Waals surface area contributed by atoms with Crippen LogP contribution in [0.1, 0.15) is 16.9 Å². The van der Waals surface area contributed by atoms with Crippen molar-refractivity contribution in [2.24, 2.45) is 12.8 Å². The Morgan fingerprint density at radius 1 is 1.12 bits per heavy atom. The SMILES string of the molecule is COc1cccc(F)c1-c1ncc(-c2cc(F)c(-c3ccc(=O)n(C)c3)cc2N2C[C@@H]3C[C@H]2CN3)c(C(N)=O)n1. The Morgan fingerprint density at radius 3 is 2.62 bits per heavy atom. The van der Waals surface area contributed by atoms with Gasteiger partial charge in [0.15, 0.2) is 5.82 Å². The number of methoxy groups -OCH3 is 1. The van der Waals surface area contributed by atoms with Gasteiger partial charge in [0, 0.05) is 78.6 Å². The number of benzene rings is 2. The molecule has 0 aliphatic carbocycles. The number of anilines is 1. The molecule has 2 aliphatic rings. The minimum Gasteiger partial charge on any atom is -0.496 e. The summed E-state index contributed by atoms with van der Waals surface area (Å²) in [5, 5.41) is 3.46. The monoisotopic (exact) mass is 544 g/mol. The summed E-state index contributed by atoms with van der Waals surface area (Å²) < 4.78 is 37.2. The molecule has 40 heavy (non-hydrogen) atoms. The van der Waals surface area contributed by atoms with Gasteiger partial charge in [-0.3, -0.25) is 9.59 Å². The highest BCUT2D eigenvalue weighted by Gasteiger charge is 2.39. The lowest BCUT2D eigenvalue weighted by atomic mass is 9.96. The van der Waals surface area contributed by atoms with Crippen molar-refractivity contribution >= 4 is 11.6 Å². The topological polar surface area (TPSA) is 115 Å². The maximum atomic E-state index is 15.8. The fraction of sp³-hybridized carbons (Fsp3) is 0.241. The third-order valence-electron chi connectivity index (χ3n) is 7.58. The van der Waals surface area contributed by atoms with E-state index in [4.69, 9.17) is 10.5 Å². The van der Waals surface area contributed by atoms with Gasteiger partial charge in [-0.1, -0.05) is 6.07 Å². The Balaban J connectivity index is 1.55. The second-order valence-electron chi connectivity index (χ2n) is 10.0. The molecule has 9 nitrogen and oxygen atoms in total. The smallest absolute Gasteiger partial charge is 0.268 e. The summed E-state index contributed by atoms with van der Waals surface area (Å²) in [5.74, 6) is -1.95. The number of amides is 1. The van der Waals surface area contributed by atoms with Crippen LogP contribution in [0.25, 0.3) is 33.6 Å². The number of pyridine rings is 1. The van der Waals surface area contributed by atoms with E-state index in [-0.39, 0.29) is 46.0 Å². The highest BCUT2D eigenvalue weighted by Crippen LogP contribution is 2.42. The number of nitrogens with zero attached hydrogens (tertiary/aromatic N) is 4. The van der Waals surface area contributed by atoms with Gasteiger partial charge < -0.3 is 25.3 Å². The van der Waals surface area contributed by atoms with Gasteiger partial charge in [0.2, 0.25) is 5.56 Å². The summed E-state index contributed by atoms with van der Waals surface area (Å²) in [6.07, 6.45) is 3.87. The normalized spacial score (nSPS) is 17.9. The van der Waals surface area contributed by atoms with Crippen molar-refractivity contribution in [3.63, 3.8) is 0 Å². The molecule has 11 heteroatoms. The van der Waals surface area contributed by atoms with Crippen molar-refractivity contribution in [1.29, 1.82) is 0 Å². The van der Waals surface area contributed by atoms with Gasteiger partial charge in [-0.2, -0.15) is 0 Å². The molecule has 0 unspecified atom stereocenters. The molecular weight excluding hydrogens is 518 g/mol. The zero-order valence-electron chi connectivity index (χ0n) is 21.8. The number of hydrogen-bond acceptors (Lipinski definition) is 7. The largest absolute Gasteiger partial charge is 0.496 e. The standard InChI is InChI=1S/C29H26F2N6O3/c1-36-13-15(6-7-25(36)38)18-10-23(37-14-16-8-17(37)11-33-16)19(9-22(18)31)20-12-34-29(35-27(20)28(32)39)26-21(30)4-3-5-24(26)40-2/h3-7,9-10,12-13,16-17,33H,8,11,14H2,1-2H3,(H2,32,39)/t16-,17-/m0/s1. The third kappa shape index (κ3) is 4.28. The van der Waals surface area contributed by atoms with Gasteiger partial charge in [0.25, 0.3) is 5.91 Å². The third-order valence-corrected chi connectivity index (χ3v) is 7.58. The molecule has 2 aromatic heterocycles. The van der Waals surface area contributed by atoms with Crippen LogP contribution in [-0.2, 0) is 7.05 Å². The summed E-state index contributed by atoms with van der Waals surface area (Å²) in [6.45, 7) is 1.45. The molecule has 2 saturated heterocycles. The van der Waals surface area contributed by atoms with Crippen LogP contribution >= 0.6 is 0 Å². The number of rotatable bonds is 6. The number of aryl methyl sites for hydroxylation is 1. The Kier molecular flexibility index (Phi) is 6.30. The molecule has 3 N–H and O–H groups in total. The van der Waals surface area contributed by atoms with E-state index in [1.165, 1.54) is 42.1 Å². The quantitative estimate of drug-likeness (QED) is 0.383. The minimum atomic E-state index is -0.868. The summed E-state index contributed by atoms with van der Waals surface area (Å²) in [5.41, 5.74) is 7.49. The van der Waals surface area contributed by atoms with E-state index < -0.39 is 17.5 Å². The first-order chi connectivity index (χ1) is 19.2. The number of nitrogens with two attached hydrogens (primary N) is 1. The summed E-state index contributed by atoms with van der Waals surface area (Å²) in [4.78, 5) is 35.5. The van der Waals surface area contributed by atoms with Crippen molar-refractivity contribution in [3.8, 4) is 39.4 Å². The number of carbonyl (C=O) groups is 1. The average Bonchev–Trinajstić information content (AvgIpc) is 3.58. The second kappa shape index (κ2) is 9.83. The van der Waals surface area contributed by atoms with Crippen LogP contribution in [0.3, 0.4) is 0 Å². The van der Waals surface area contributed by atoms with Crippen LogP contribution in [0.2, 0.25) is 0 Å². The van der Waals surface area contributed by atoms with Crippen LogP contribution in [0.15, 0.2) is 59.7 Å². The van der Waals surface area contributed by atoms with Crippen LogP contribution in [0.5, 0.6) is 5.75 Å². The highest BCUT2D eigenvalue weighted by atomic mass is 19.1. The van der Waals surface area contributed by atoms with Gasteiger partial charge in [0.05, 0.1) is 12.7 Å². The van der Waals surface area contributed by atoms with Crippen LogP contribution in [-0.4, -0.2) is 52.7 Å². The molecule has 4 aromatic rings. The summed E-state index contributed by atoms with van der Waals surface area (Å²) >= 11 is 0. The molecule has 1 amide bonds. The predicted molar refractivity (Wildman–Crippen MR) is 146 cm³/mol. The fourth-order valence-corrected chi connectivity index (χ4v) is 5.62. The molecule has 2 fully saturated rings. The first-order valence-electron chi connectivity index (χ1n) is 12.8. The Labute approximate surface area is 228 Å². The van der Waals surface area contributed by atoms with Crippen molar-refractivity contribution in [2.45, 2.75) is 18.5 Å². The molecule has 2 atom stereocenters. The van der Waals surface area contributed by atoms with E-state index in [9.17, 15) is 14.0 Å². The number of primary amides is 1. The molecule has 0 radical (unpaired) electrons. The number of nitrogens with one attached hydrogen (secondary N) is 1. The van der Waals surface area contributed by atoms with Gasteiger partial charge in [-0.15, -0.1) is 0 Å².